The Hall–Kier alpha value is -2.25. The third-order valence-electron chi connectivity index (χ3n) is 3.19. The summed E-state index contributed by atoms with van der Waals surface area (Å²) >= 11 is 0. The molecule has 0 aliphatic carbocycles. The maximum atomic E-state index is 4.47. The average molecular weight is 290 g/mol. The first-order valence-electron chi connectivity index (χ1n) is 7.20. The van der Waals surface area contributed by atoms with Crippen LogP contribution in [0.15, 0.2) is 12.7 Å². The van der Waals surface area contributed by atoms with Crippen LogP contribution in [0.3, 0.4) is 0 Å². The molecule has 2 aromatic heterocycles. The molecule has 2 heterocycles. The van der Waals surface area contributed by atoms with Crippen molar-refractivity contribution in [3.05, 3.63) is 12.7 Å². The lowest BCUT2D eigenvalue weighted by Gasteiger charge is -2.21. The van der Waals surface area contributed by atoms with Crippen molar-refractivity contribution >= 4 is 11.9 Å². The van der Waals surface area contributed by atoms with E-state index in [0.29, 0.717) is 23.8 Å². The second-order valence-electron chi connectivity index (χ2n) is 5.02. The number of hydrogen-bond donors (Lipinski definition) is 1. The fourth-order valence-corrected chi connectivity index (χ4v) is 1.85. The first kappa shape index (κ1) is 15.1. The largest absolute Gasteiger partial charge is 0.354 e. The van der Waals surface area contributed by atoms with E-state index >= 15 is 0 Å². The van der Waals surface area contributed by atoms with Gasteiger partial charge in [-0.2, -0.15) is 24.7 Å². The minimum absolute atomic E-state index is 0.462. The minimum Gasteiger partial charge on any atom is -0.354 e. The Labute approximate surface area is 124 Å². The van der Waals surface area contributed by atoms with Crippen molar-refractivity contribution in [3.63, 3.8) is 0 Å². The smallest absolute Gasteiger partial charge is 0.258 e. The van der Waals surface area contributed by atoms with Crippen LogP contribution in [0, 0.1) is 5.92 Å². The molecule has 1 atom stereocenters. The fourth-order valence-electron chi connectivity index (χ4n) is 1.85. The Kier molecular flexibility index (Phi) is 5.02. The van der Waals surface area contributed by atoms with Gasteiger partial charge in [-0.15, -0.1) is 0 Å². The molecule has 0 saturated heterocycles. The lowest BCUT2D eigenvalue weighted by Crippen LogP contribution is -2.26. The van der Waals surface area contributed by atoms with Crippen LogP contribution in [0.25, 0.3) is 5.95 Å². The summed E-state index contributed by atoms with van der Waals surface area (Å²) < 4.78 is 1.53. The molecular weight excluding hydrogens is 268 g/mol. The van der Waals surface area contributed by atoms with Crippen LogP contribution in [-0.4, -0.2) is 49.9 Å². The summed E-state index contributed by atoms with van der Waals surface area (Å²) in [4.78, 5) is 19.2. The molecule has 21 heavy (non-hydrogen) atoms. The standard InChI is InChI=1S/C13H22N8/c1-5-10(3)7-20(4)12-17-11(15-6-2)18-13(19-12)21-9-14-8-16-21/h8-10H,5-7H2,1-4H3,(H,15,17,18,19). The van der Waals surface area contributed by atoms with Gasteiger partial charge in [-0.05, 0) is 12.8 Å². The normalized spacial score (nSPS) is 12.2. The Morgan fingerprint density at radius 3 is 2.71 bits per heavy atom. The van der Waals surface area contributed by atoms with E-state index in [1.807, 2.05) is 18.9 Å². The van der Waals surface area contributed by atoms with Crippen molar-refractivity contribution in [2.75, 3.05) is 30.4 Å². The van der Waals surface area contributed by atoms with Crippen molar-refractivity contribution in [3.8, 4) is 5.95 Å². The summed E-state index contributed by atoms with van der Waals surface area (Å²) in [7, 11) is 1.99. The second kappa shape index (κ2) is 6.96. The molecule has 1 N–H and O–H groups in total. The first-order chi connectivity index (χ1) is 10.1. The van der Waals surface area contributed by atoms with Crippen molar-refractivity contribution in [2.45, 2.75) is 27.2 Å². The van der Waals surface area contributed by atoms with E-state index < -0.39 is 0 Å². The van der Waals surface area contributed by atoms with Gasteiger partial charge < -0.3 is 10.2 Å². The lowest BCUT2D eigenvalue weighted by molar-refractivity contribution is 0.554. The van der Waals surface area contributed by atoms with Crippen LogP contribution < -0.4 is 10.2 Å². The van der Waals surface area contributed by atoms with Gasteiger partial charge >= 0.3 is 0 Å². The molecule has 2 rings (SSSR count). The summed E-state index contributed by atoms with van der Waals surface area (Å²) in [6.07, 6.45) is 4.15. The molecule has 0 radical (unpaired) electrons. The number of nitrogens with zero attached hydrogens (tertiary/aromatic N) is 7. The van der Waals surface area contributed by atoms with Gasteiger partial charge in [0.25, 0.3) is 5.95 Å². The molecule has 8 heteroatoms. The zero-order valence-electron chi connectivity index (χ0n) is 13.0. The van der Waals surface area contributed by atoms with Gasteiger partial charge in [0.15, 0.2) is 0 Å². The maximum absolute atomic E-state index is 4.47. The Bertz CT molecular complexity index is 553. The van der Waals surface area contributed by atoms with Crippen LogP contribution in [0.2, 0.25) is 0 Å². The predicted octanol–water partition coefficient (Wildman–Crippen LogP) is 1.37. The highest BCUT2D eigenvalue weighted by molar-refractivity contribution is 5.39. The van der Waals surface area contributed by atoms with Gasteiger partial charge in [0.2, 0.25) is 11.9 Å². The Morgan fingerprint density at radius 2 is 2.10 bits per heavy atom. The summed E-state index contributed by atoms with van der Waals surface area (Å²) in [6, 6.07) is 0. The van der Waals surface area contributed by atoms with E-state index in [9.17, 15) is 0 Å². The van der Waals surface area contributed by atoms with Crippen molar-refractivity contribution in [1.29, 1.82) is 0 Å². The molecule has 0 aliphatic heterocycles. The van der Waals surface area contributed by atoms with Gasteiger partial charge in [0.1, 0.15) is 12.7 Å². The van der Waals surface area contributed by atoms with Gasteiger partial charge in [-0.1, -0.05) is 20.3 Å². The maximum Gasteiger partial charge on any atom is 0.258 e. The molecule has 0 spiro atoms. The molecule has 0 saturated carbocycles. The number of anilines is 2. The van der Waals surface area contributed by atoms with Gasteiger partial charge in [0, 0.05) is 20.1 Å². The quantitative estimate of drug-likeness (QED) is 0.824. The molecule has 0 fully saturated rings. The highest BCUT2D eigenvalue weighted by Gasteiger charge is 2.13. The molecule has 114 valence electrons. The van der Waals surface area contributed by atoms with E-state index in [1.165, 1.54) is 11.0 Å². The molecule has 2 aromatic rings. The van der Waals surface area contributed by atoms with Crippen LogP contribution >= 0.6 is 0 Å². The fraction of sp³-hybridized carbons (Fsp3) is 0.615. The van der Waals surface area contributed by atoms with Crippen molar-refractivity contribution in [1.82, 2.24) is 29.7 Å². The molecule has 0 aliphatic rings. The second-order valence-corrected chi connectivity index (χ2v) is 5.02. The van der Waals surface area contributed by atoms with Gasteiger partial charge in [0.05, 0.1) is 0 Å². The van der Waals surface area contributed by atoms with E-state index in [1.54, 1.807) is 6.33 Å². The highest BCUT2D eigenvalue weighted by Crippen LogP contribution is 2.14. The van der Waals surface area contributed by atoms with Gasteiger partial charge in [-0.25, -0.2) is 4.98 Å². The molecular formula is C13H22N8. The first-order valence-corrected chi connectivity index (χ1v) is 7.20. The van der Waals surface area contributed by atoms with Crippen LogP contribution in [-0.2, 0) is 0 Å². The summed E-state index contributed by atoms with van der Waals surface area (Å²) in [5.74, 6) is 2.21. The van der Waals surface area contributed by atoms with E-state index in [0.717, 1.165) is 19.5 Å². The zero-order chi connectivity index (χ0) is 15.2. The minimum atomic E-state index is 0.462. The van der Waals surface area contributed by atoms with E-state index in [2.05, 4.69) is 44.2 Å². The third kappa shape index (κ3) is 3.87. The average Bonchev–Trinajstić information content (AvgIpc) is 3.01. The molecule has 0 bridgehead atoms. The van der Waals surface area contributed by atoms with Crippen molar-refractivity contribution in [2.24, 2.45) is 5.92 Å². The number of aromatic nitrogens is 6. The molecule has 0 aromatic carbocycles. The summed E-state index contributed by atoms with van der Waals surface area (Å²) in [5.41, 5.74) is 0. The molecule has 8 nitrogen and oxygen atoms in total. The topological polar surface area (TPSA) is 84.7 Å². The predicted molar refractivity (Wildman–Crippen MR) is 81.6 cm³/mol. The van der Waals surface area contributed by atoms with Crippen LogP contribution in [0.5, 0.6) is 0 Å². The summed E-state index contributed by atoms with van der Waals surface area (Å²) in [6.45, 7) is 8.03. The monoisotopic (exact) mass is 290 g/mol. The van der Waals surface area contributed by atoms with Crippen molar-refractivity contribution < 1.29 is 0 Å². The number of hydrogen-bond acceptors (Lipinski definition) is 7. The van der Waals surface area contributed by atoms with E-state index in [4.69, 9.17) is 0 Å². The third-order valence-corrected chi connectivity index (χ3v) is 3.19. The highest BCUT2D eigenvalue weighted by atomic mass is 15.4. The molecule has 1 unspecified atom stereocenters. The van der Waals surface area contributed by atoms with Gasteiger partial charge in [-0.3, -0.25) is 0 Å². The van der Waals surface area contributed by atoms with Crippen LogP contribution in [0.1, 0.15) is 27.2 Å². The van der Waals surface area contributed by atoms with Crippen LogP contribution in [0.4, 0.5) is 11.9 Å². The summed E-state index contributed by atoms with van der Waals surface area (Å²) in [5, 5.41) is 7.19. The molecule has 0 amide bonds. The zero-order valence-corrected chi connectivity index (χ0v) is 13.0. The van der Waals surface area contributed by atoms with E-state index in [-0.39, 0.29) is 0 Å². The number of rotatable bonds is 7. The Morgan fingerprint density at radius 1 is 1.29 bits per heavy atom. The Balaban J connectivity index is 2.31. The SMILES string of the molecule is CCNc1nc(N(C)CC(C)CC)nc(-n2cncn2)n1. The lowest BCUT2D eigenvalue weighted by atomic mass is 10.1. The number of nitrogens with one attached hydrogen (secondary N) is 1.